The Morgan fingerprint density at radius 3 is 2.35 bits per heavy atom. The molecule has 1 rings (SSSR count). The van der Waals surface area contributed by atoms with E-state index < -0.39 is 0 Å². The number of unbranched alkanes of at least 4 members (excludes halogenated alkanes) is 1. The number of hydrogen-bond donors (Lipinski definition) is 2. The lowest BCUT2D eigenvalue weighted by Gasteiger charge is -2.13. The third kappa shape index (κ3) is 8.90. The molecular weight excluding hydrogens is 208 g/mol. The average molecular weight is 236 g/mol. The van der Waals surface area contributed by atoms with E-state index in [0.717, 1.165) is 25.9 Å². The zero-order chi connectivity index (χ0) is 12.9. The highest BCUT2D eigenvalue weighted by atomic mass is 14.9. The van der Waals surface area contributed by atoms with Crippen LogP contribution >= 0.6 is 0 Å². The summed E-state index contributed by atoms with van der Waals surface area (Å²) in [6.07, 6.45) is 3.39. The van der Waals surface area contributed by atoms with E-state index in [0.29, 0.717) is 6.04 Å². The molecule has 0 aliphatic rings. The van der Waals surface area contributed by atoms with Crippen LogP contribution in [0.2, 0.25) is 0 Å². The number of nitrogens with one attached hydrogen (secondary N) is 1. The average Bonchev–Trinajstić information content (AvgIpc) is 2.38. The second-order valence-electron chi connectivity index (χ2n) is 4.04. The summed E-state index contributed by atoms with van der Waals surface area (Å²) in [6.45, 7) is 8.11. The van der Waals surface area contributed by atoms with Crippen LogP contribution in [0.5, 0.6) is 0 Å². The zero-order valence-electron chi connectivity index (χ0n) is 11.6. The van der Waals surface area contributed by atoms with E-state index in [4.69, 9.17) is 5.73 Å². The van der Waals surface area contributed by atoms with Crippen molar-refractivity contribution in [3.63, 3.8) is 0 Å². The minimum atomic E-state index is 0.546. The molecule has 0 aliphatic carbocycles. The molecule has 2 nitrogen and oxygen atoms in total. The first kappa shape index (κ1) is 16.1. The van der Waals surface area contributed by atoms with Crippen molar-refractivity contribution in [3.8, 4) is 0 Å². The van der Waals surface area contributed by atoms with Gasteiger partial charge in [-0.3, -0.25) is 0 Å². The lowest BCUT2D eigenvalue weighted by Crippen LogP contribution is -2.29. The van der Waals surface area contributed by atoms with Gasteiger partial charge in [0.2, 0.25) is 0 Å². The van der Waals surface area contributed by atoms with Gasteiger partial charge in [0.15, 0.2) is 0 Å². The van der Waals surface area contributed by atoms with Crippen molar-refractivity contribution in [1.82, 2.24) is 5.32 Å². The maximum Gasteiger partial charge on any atom is 0.00791 e. The van der Waals surface area contributed by atoms with Crippen molar-refractivity contribution in [1.29, 1.82) is 0 Å². The summed E-state index contributed by atoms with van der Waals surface area (Å²) in [5, 5.41) is 3.51. The first-order valence-electron chi connectivity index (χ1n) is 6.80. The van der Waals surface area contributed by atoms with Gasteiger partial charge in [0.05, 0.1) is 0 Å². The van der Waals surface area contributed by atoms with Gasteiger partial charge >= 0.3 is 0 Å². The Balaban J connectivity index is 0.00000121. The van der Waals surface area contributed by atoms with Crippen LogP contribution in [0, 0.1) is 0 Å². The molecule has 1 aromatic carbocycles. The highest BCUT2D eigenvalue weighted by Crippen LogP contribution is 2.02. The Kier molecular flexibility index (Phi) is 11.0. The minimum absolute atomic E-state index is 0.546. The second kappa shape index (κ2) is 11.6. The fourth-order valence-electron chi connectivity index (χ4n) is 1.66. The third-order valence-electron chi connectivity index (χ3n) is 2.51. The van der Waals surface area contributed by atoms with Gasteiger partial charge < -0.3 is 11.1 Å². The van der Waals surface area contributed by atoms with E-state index in [1.54, 1.807) is 0 Å². The Labute approximate surface area is 107 Å². The smallest absolute Gasteiger partial charge is 0.00791 e. The predicted molar refractivity (Wildman–Crippen MR) is 77.2 cm³/mol. The van der Waals surface area contributed by atoms with Crippen molar-refractivity contribution >= 4 is 0 Å². The van der Waals surface area contributed by atoms with Crippen LogP contribution < -0.4 is 11.1 Å². The minimum Gasteiger partial charge on any atom is -0.330 e. The van der Waals surface area contributed by atoms with Gasteiger partial charge in [-0.1, -0.05) is 44.2 Å². The Morgan fingerprint density at radius 2 is 1.76 bits per heavy atom. The number of hydrogen-bond acceptors (Lipinski definition) is 2. The highest BCUT2D eigenvalue weighted by Gasteiger charge is 2.01. The summed E-state index contributed by atoms with van der Waals surface area (Å²) in [6, 6.07) is 11.1. The van der Waals surface area contributed by atoms with Crippen LogP contribution in [0.15, 0.2) is 30.3 Å². The van der Waals surface area contributed by atoms with Crippen LogP contribution in [0.4, 0.5) is 0 Å². The molecule has 3 N–H and O–H groups in total. The normalized spacial score (nSPS) is 11.5. The molecule has 17 heavy (non-hydrogen) atoms. The second-order valence-corrected chi connectivity index (χ2v) is 4.04. The maximum atomic E-state index is 5.44. The Morgan fingerprint density at radius 1 is 1.12 bits per heavy atom. The van der Waals surface area contributed by atoms with Gasteiger partial charge in [0.25, 0.3) is 0 Å². The summed E-state index contributed by atoms with van der Waals surface area (Å²) < 4.78 is 0. The van der Waals surface area contributed by atoms with Crippen molar-refractivity contribution < 1.29 is 0 Å². The molecule has 1 unspecified atom stereocenters. The molecule has 0 amide bonds. The quantitative estimate of drug-likeness (QED) is 0.714. The molecule has 0 aromatic heterocycles. The van der Waals surface area contributed by atoms with Gasteiger partial charge in [-0.25, -0.2) is 0 Å². The van der Waals surface area contributed by atoms with E-state index in [1.165, 1.54) is 12.0 Å². The van der Waals surface area contributed by atoms with Crippen molar-refractivity contribution in [2.75, 3.05) is 13.1 Å². The van der Waals surface area contributed by atoms with E-state index in [2.05, 4.69) is 42.6 Å². The van der Waals surface area contributed by atoms with Gasteiger partial charge in [-0.15, -0.1) is 0 Å². The van der Waals surface area contributed by atoms with E-state index in [-0.39, 0.29) is 0 Å². The van der Waals surface area contributed by atoms with E-state index >= 15 is 0 Å². The summed E-state index contributed by atoms with van der Waals surface area (Å²) in [4.78, 5) is 0. The lowest BCUT2D eigenvalue weighted by molar-refractivity contribution is 0.527. The van der Waals surface area contributed by atoms with Crippen molar-refractivity contribution in [2.45, 2.75) is 46.1 Å². The van der Waals surface area contributed by atoms with Crippen molar-refractivity contribution in [2.24, 2.45) is 5.73 Å². The summed E-state index contributed by atoms with van der Waals surface area (Å²) in [7, 11) is 0. The first-order valence-corrected chi connectivity index (χ1v) is 6.80. The maximum absolute atomic E-state index is 5.44. The van der Waals surface area contributed by atoms with Gasteiger partial charge in [0, 0.05) is 6.04 Å². The molecule has 0 aliphatic heterocycles. The van der Waals surface area contributed by atoms with Gasteiger partial charge in [-0.2, -0.15) is 0 Å². The molecule has 0 fully saturated rings. The topological polar surface area (TPSA) is 38.0 Å². The van der Waals surface area contributed by atoms with Crippen molar-refractivity contribution in [3.05, 3.63) is 35.9 Å². The molecule has 1 aromatic rings. The molecule has 0 radical (unpaired) electrons. The number of benzene rings is 1. The summed E-state index contributed by atoms with van der Waals surface area (Å²) >= 11 is 0. The number of nitrogens with two attached hydrogens (primary N) is 1. The lowest BCUT2D eigenvalue weighted by atomic mass is 10.1. The molecule has 0 spiro atoms. The largest absolute Gasteiger partial charge is 0.330 e. The highest BCUT2D eigenvalue weighted by molar-refractivity contribution is 5.15. The van der Waals surface area contributed by atoms with Crippen LogP contribution in [-0.4, -0.2) is 19.1 Å². The van der Waals surface area contributed by atoms with Gasteiger partial charge in [0.1, 0.15) is 0 Å². The first-order chi connectivity index (χ1) is 8.33. The molecular formula is C15H28N2. The zero-order valence-corrected chi connectivity index (χ0v) is 11.6. The SMILES string of the molecule is CC.CC(Cc1ccccc1)NCCCCN. The summed E-state index contributed by atoms with van der Waals surface area (Å²) in [5.74, 6) is 0. The van der Waals surface area contributed by atoms with Crippen LogP contribution in [0.3, 0.4) is 0 Å². The van der Waals surface area contributed by atoms with Crippen LogP contribution in [-0.2, 0) is 6.42 Å². The Hall–Kier alpha value is -0.860. The molecule has 0 heterocycles. The van der Waals surface area contributed by atoms with E-state index in [9.17, 15) is 0 Å². The fraction of sp³-hybridized carbons (Fsp3) is 0.600. The molecule has 0 saturated carbocycles. The third-order valence-corrected chi connectivity index (χ3v) is 2.51. The summed E-state index contributed by atoms with van der Waals surface area (Å²) in [5.41, 5.74) is 6.84. The monoisotopic (exact) mass is 236 g/mol. The molecule has 1 atom stereocenters. The molecule has 98 valence electrons. The van der Waals surface area contributed by atoms with Crippen LogP contribution in [0.25, 0.3) is 0 Å². The molecule has 0 bridgehead atoms. The van der Waals surface area contributed by atoms with Gasteiger partial charge in [-0.05, 0) is 44.8 Å². The molecule has 2 heteroatoms. The fourth-order valence-corrected chi connectivity index (χ4v) is 1.66. The van der Waals surface area contributed by atoms with E-state index in [1.807, 2.05) is 13.8 Å². The molecule has 0 saturated heterocycles. The predicted octanol–water partition coefficient (Wildman–Crippen LogP) is 2.97. The Bertz CT molecular complexity index is 246. The standard InChI is InChI=1S/C13H22N2.C2H6/c1-12(15-10-6-5-9-14)11-13-7-3-2-4-8-13;1-2/h2-4,7-8,12,15H,5-6,9-11,14H2,1H3;1-2H3. The van der Waals surface area contributed by atoms with Crippen LogP contribution in [0.1, 0.15) is 39.2 Å². The number of rotatable bonds is 7.